The van der Waals surface area contributed by atoms with Crippen molar-refractivity contribution >= 4 is 17.4 Å². The fraction of sp³-hybridized carbons (Fsp3) is 0.333. The summed E-state index contributed by atoms with van der Waals surface area (Å²) in [4.78, 5) is 16.1. The summed E-state index contributed by atoms with van der Waals surface area (Å²) in [5.74, 6) is -0.774. The molecule has 0 spiro atoms. The zero-order valence-corrected chi connectivity index (χ0v) is 13.7. The highest BCUT2D eigenvalue weighted by Gasteiger charge is 2.44. The minimum absolute atomic E-state index is 0.0382. The lowest BCUT2D eigenvalue weighted by molar-refractivity contribution is -0.136. The van der Waals surface area contributed by atoms with E-state index in [1.807, 2.05) is 24.3 Å². The Morgan fingerprint density at radius 1 is 1.04 bits per heavy atom. The Hall–Kier alpha value is -2.42. The number of rotatable bonds is 4. The number of fused-ring (bicyclic) bond motifs is 3. The molecule has 1 saturated carbocycles. The Balaban J connectivity index is 1.78. The van der Waals surface area contributed by atoms with Crippen LogP contribution in [0.1, 0.15) is 42.4 Å². The third-order valence-corrected chi connectivity index (χ3v) is 5.45. The highest BCUT2D eigenvalue weighted by molar-refractivity contribution is 6.02. The second-order valence-electron chi connectivity index (χ2n) is 6.88. The van der Waals surface area contributed by atoms with Crippen LogP contribution in [-0.2, 0) is 23.1 Å². The van der Waals surface area contributed by atoms with E-state index in [1.54, 1.807) is 0 Å². The van der Waals surface area contributed by atoms with Gasteiger partial charge in [0.2, 0.25) is 0 Å². The van der Waals surface area contributed by atoms with Crippen LogP contribution in [0.2, 0.25) is 0 Å². The third kappa shape index (κ3) is 2.44. The lowest BCUT2D eigenvalue weighted by atomic mass is 9.65. The number of aliphatic carboxylic acids is 1. The molecule has 2 aliphatic rings. The molecule has 1 aliphatic heterocycles. The number of carboxylic acid groups (broad SMARTS) is 1. The molecule has 0 aromatic heterocycles. The number of para-hydroxylation sites is 1. The highest BCUT2D eigenvalue weighted by Crippen LogP contribution is 2.49. The van der Waals surface area contributed by atoms with Crippen LogP contribution >= 0.6 is 0 Å². The van der Waals surface area contributed by atoms with E-state index >= 15 is 0 Å². The number of benzene rings is 2. The van der Waals surface area contributed by atoms with Crippen molar-refractivity contribution in [2.24, 2.45) is 4.99 Å². The lowest BCUT2D eigenvalue weighted by Crippen LogP contribution is -2.38. The predicted molar refractivity (Wildman–Crippen MR) is 95.2 cm³/mol. The van der Waals surface area contributed by atoms with E-state index in [0.717, 1.165) is 36.1 Å². The Bertz CT molecular complexity index is 824. The highest BCUT2D eigenvalue weighted by atomic mass is 16.4. The van der Waals surface area contributed by atoms with Crippen molar-refractivity contribution in [3.63, 3.8) is 0 Å². The molecule has 24 heavy (non-hydrogen) atoms. The summed E-state index contributed by atoms with van der Waals surface area (Å²) >= 11 is 0. The minimum atomic E-state index is -0.774. The summed E-state index contributed by atoms with van der Waals surface area (Å²) in [6.45, 7) is 0. The number of carboxylic acids is 1. The van der Waals surface area contributed by atoms with Gasteiger partial charge in [-0.3, -0.25) is 9.79 Å². The molecule has 2 aromatic carbocycles. The summed E-state index contributed by atoms with van der Waals surface area (Å²) < 4.78 is 0. The van der Waals surface area contributed by atoms with Crippen LogP contribution in [0.15, 0.2) is 53.5 Å². The molecule has 122 valence electrons. The van der Waals surface area contributed by atoms with Crippen LogP contribution < -0.4 is 0 Å². The van der Waals surface area contributed by atoms with Crippen molar-refractivity contribution < 1.29 is 9.90 Å². The molecule has 0 saturated heterocycles. The van der Waals surface area contributed by atoms with E-state index in [4.69, 9.17) is 4.99 Å². The summed E-state index contributed by atoms with van der Waals surface area (Å²) in [6, 6.07) is 16.4. The molecule has 1 N–H and O–H groups in total. The largest absolute Gasteiger partial charge is 0.481 e. The maximum absolute atomic E-state index is 11.2. The number of hydrogen-bond donors (Lipinski definition) is 1. The van der Waals surface area contributed by atoms with Crippen molar-refractivity contribution in [2.75, 3.05) is 0 Å². The van der Waals surface area contributed by atoms with Gasteiger partial charge in [-0.2, -0.15) is 0 Å². The Kier molecular flexibility index (Phi) is 3.72. The first kappa shape index (κ1) is 15.1. The zero-order chi connectivity index (χ0) is 16.6. The van der Waals surface area contributed by atoms with E-state index in [-0.39, 0.29) is 11.8 Å². The third-order valence-electron chi connectivity index (χ3n) is 5.45. The van der Waals surface area contributed by atoms with Crippen molar-refractivity contribution in [1.29, 1.82) is 0 Å². The maximum Gasteiger partial charge on any atom is 0.307 e. The number of hydrogen-bond acceptors (Lipinski definition) is 2. The first-order valence-corrected chi connectivity index (χ1v) is 8.65. The number of nitrogens with zero attached hydrogens (tertiary/aromatic N) is 1. The molecule has 0 radical (unpaired) electrons. The molecule has 1 aliphatic carbocycles. The van der Waals surface area contributed by atoms with E-state index in [2.05, 4.69) is 24.3 Å². The average Bonchev–Trinajstić information content (AvgIpc) is 2.90. The monoisotopic (exact) mass is 319 g/mol. The van der Waals surface area contributed by atoms with Gasteiger partial charge in [0, 0.05) is 11.1 Å². The molecule has 1 fully saturated rings. The molecule has 3 heteroatoms. The van der Waals surface area contributed by atoms with Crippen molar-refractivity contribution in [1.82, 2.24) is 0 Å². The fourth-order valence-corrected chi connectivity index (χ4v) is 4.35. The van der Waals surface area contributed by atoms with Gasteiger partial charge in [0.15, 0.2) is 0 Å². The molecule has 4 rings (SSSR count). The average molecular weight is 319 g/mol. The van der Waals surface area contributed by atoms with E-state index in [1.165, 1.54) is 24.1 Å². The van der Waals surface area contributed by atoms with Gasteiger partial charge in [0.1, 0.15) is 0 Å². The van der Waals surface area contributed by atoms with Gasteiger partial charge >= 0.3 is 5.97 Å². The quantitative estimate of drug-likeness (QED) is 0.905. The van der Waals surface area contributed by atoms with Crippen molar-refractivity contribution in [3.8, 4) is 0 Å². The molecule has 3 nitrogen and oxygen atoms in total. The molecule has 1 heterocycles. The normalized spacial score (nSPS) is 21.8. The topological polar surface area (TPSA) is 49.7 Å². The van der Waals surface area contributed by atoms with Gasteiger partial charge in [0.25, 0.3) is 0 Å². The zero-order valence-electron chi connectivity index (χ0n) is 13.7. The van der Waals surface area contributed by atoms with Crippen molar-refractivity contribution in [2.45, 2.75) is 43.9 Å². The Labute approximate surface area is 142 Å². The molecule has 2 aromatic rings. The smallest absolute Gasteiger partial charge is 0.307 e. The SMILES string of the molecule is O=C(O)Cc1ccccc1CC12CCCCC1=Nc1ccccc12. The molecule has 1 unspecified atom stereocenters. The predicted octanol–water partition coefficient (Wildman–Crippen LogP) is 4.45. The summed E-state index contributed by atoms with van der Waals surface area (Å²) in [5, 5.41) is 9.22. The van der Waals surface area contributed by atoms with Gasteiger partial charge in [-0.1, -0.05) is 48.9 Å². The summed E-state index contributed by atoms with van der Waals surface area (Å²) in [7, 11) is 0. The maximum atomic E-state index is 11.2. The minimum Gasteiger partial charge on any atom is -0.481 e. The fourth-order valence-electron chi connectivity index (χ4n) is 4.35. The molecule has 0 bridgehead atoms. The lowest BCUT2D eigenvalue weighted by Gasteiger charge is -2.36. The Morgan fingerprint density at radius 2 is 1.79 bits per heavy atom. The van der Waals surface area contributed by atoms with E-state index < -0.39 is 5.97 Å². The van der Waals surface area contributed by atoms with Gasteiger partial charge in [-0.15, -0.1) is 0 Å². The molecular weight excluding hydrogens is 298 g/mol. The van der Waals surface area contributed by atoms with Crippen LogP contribution in [0.25, 0.3) is 0 Å². The van der Waals surface area contributed by atoms with Crippen molar-refractivity contribution in [3.05, 3.63) is 65.2 Å². The van der Waals surface area contributed by atoms with Crippen LogP contribution in [0.5, 0.6) is 0 Å². The first-order valence-electron chi connectivity index (χ1n) is 8.65. The Morgan fingerprint density at radius 3 is 2.62 bits per heavy atom. The van der Waals surface area contributed by atoms with E-state index in [0.29, 0.717) is 0 Å². The second-order valence-corrected chi connectivity index (χ2v) is 6.88. The second kappa shape index (κ2) is 5.90. The van der Waals surface area contributed by atoms with Gasteiger partial charge in [-0.05, 0) is 48.4 Å². The molecule has 0 amide bonds. The van der Waals surface area contributed by atoms with Gasteiger partial charge < -0.3 is 5.11 Å². The first-order chi connectivity index (χ1) is 11.7. The summed E-state index contributed by atoms with van der Waals surface area (Å²) in [6.07, 6.45) is 5.49. The standard InChI is InChI=1S/C21H21NO2/c23-20(24)13-15-7-1-2-8-16(15)14-21-12-6-5-11-19(21)22-18-10-4-3-9-17(18)21/h1-4,7-10H,5-6,11-14H2,(H,23,24). The van der Waals surface area contributed by atoms with Crippen LogP contribution in [0.3, 0.4) is 0 Å². The van der Waals surface area contributed by atoms with Gasteiger partial charge in [0.05, 0.1) is 12.1 Å². The summed E-state index contributed by atoms with van der Waals surface area (Å²) in [5.41, 5.74) is 5.75. The molecular formula is C21H21NO2. The van der Waals surface area contributed by atoms with Gasteiger partial charge in [-0.25, -0.2) is 0 Å². The van der Waals surface area contributed by atoms with E-state index in [9.17, 15) is 9.90 Å². The number of aliphatic imine (C=N–C) groups is 1. The van der Waals surface area contributed by atoms with Crippen LogP contribution in [-0.4, -0.2) is 16.8 Å². The van der Waals surface area contributed by atoms with Crippen LogP contribution in [0, 0.1) is 0 Å². The number of carbonyl (C=O) groups is 1. The molecule has 1 atom stereocenters. The van der Waals surface area contributed by atoms with Crippen LogP contribution in [0.4, 0.5) is 5.69 Å².